The number of aliphatic hydroxyl groups excluding tert-OH is 1. The van der Waals surface area contributed by atoms with Gasteiger partial charge in [-0.3, -0.25) is 0 Å². The lowest BCUT2D eigenvalue weighted by atomic mass is 9.86. The van der Waals surface area contributed by atoms with Crippen molar-refractivity contribution < 1.29 is 6.48 Å². The Morgan fingerprint density at radius 2 is 1.61 bits per heavy atom. The van der Waals surface area contributed by atoms with Crippen LogP contribution in [0.1, 0.15) is 44.6 Å². The van der Waals surface area contributed by atoms with Crippen molar-refractivity contribution >= 4 is 14.1 Å². The van der Waals surface area contributed by atoms with Gasteiger partial charge in [-0.1, -0.05) is 91.6 Å². The Hall–Kier alpha value is -1.90. The summed E-state index contributed by atoms with van der Waals surface area (Å²) in [5, 5.41) is 12.6. The Balaban J connectivity index is 1.99. The Kier molecular flexibility index (Phi) is 6.61. The first kappa shape index (κ1) is 19.4. The Morgan fingerprint density at radius 3 is 2.25 bits per heavy atom. The zero-order valence-electron chi connectivity index (χ0n) is 18.5. The molecule has 0 saturated heterocycles. The molecule has 0 spiro atoms. The minimum absolute atomic E-state index is 0.423. The van der Waals surface area contributed by atoms with Gasteiger partial charge in [0.05, 0.1) is 15.5 Å². The summed E-state index contributed by atoms with van der Waals surface area (Å²) in [6, 6.07) is 21.1. The van der Waals surface area contributed by atoms with E-state index < -0.39 is 14.2 Å². The normalized spacial score (nSPS) is 20.4. The average Bonchev–Trinajstić information content (AvgIpc) is 2.73. The summed E-state index contributed by atoms with van der Waals surface area (Å²) < 4.78 is 8.89. The van der Waals surface area contributed by atoms with E-state index in [2.05, 4.69) is 43.9 Å². The van der Waals surface area contributed by atoms with E-state index in [-0.39, 0.29) is 0 Å². The predicted octanol–water partition coefficient (Wildman–Crippen LogP) is 6.81. The first-order valence-electron chi connectivity index (χ1n) is 11.1. The molecule has 1 unspecified atom stereocenters. The fraction of sp³-hybridized carbons (Fsp3) is 0.385. The van der Waals surface area contributed by atoms with Crippen LogP contribution in [-0.2, 0) is 6.42 Å². The standard InChI is InChI=1S/C26H34OSi/c1-28(2,3)26(25(27)19-18-21-12-6-4-7-13-21)24-17-11-10-16-23(24)20-22-14-8-5-9-15-22/h4-9,12-15,20,25,27H,10-11,16-19H2,1-3H3/b23-20+,26-24-/i20D. The highest BCUT2D eigenvalue weighted by Gasteiger charge is 2.30. The van der Waals surface area contributed by atoms with Crippen molar-refractivity contribution in [1.29, 1.82) is 0 Å². The maximum atomic E-state index is 11.3. The highest BCUT2D eigenvalue weighted by atomic mass is 28.3. The molecule has 2 aromatic rings. The molecule has 148 valence electrons. The Morgan fingerprint density at radius 1 is 1.00 bits per heavy atom. The smallest absolute Gasteiger partial charge is 0.0761 e. The van der Waals surface area contributed by atoms with Crippen LogP contribution >= 0.6 is 0 Å². The summed E-state index contributed by atoms with van der Waals surface area (Å²) >= 11 is 0. The average molecular weight is 392 g/mol. The molecular weight excluding hydrogens is 356 g/mol. The Bertz CT molecular complexity index is 863. The molecule has 0 aliphatic heterocycles. The molecule has 1 nitrogen and oxygen atoms in total. The van der Waals surface area contributed by atoms with E-state index in [0.29, 0.717) is 6.05 Å². The summed E-state index contributed by atoms with van der Waals surface area (Å²) in [7, 11) is -1.75. The molecular formula is C26H34OSi. The molecule has 0 aromatic heterocycles. The summed E-state index contributed by atoms with van der Waals surface area (Å²) in [6.07, 6.45) is 5.43. The van der Waals surface area contributed by atoms with E-state index >= 15 is 0 Å². The highest BCUT2D eigenvalue weighted by Crippen LogP contribution is 2.37. The van der Waals surface area contributed by atoms with Crippen LogP contribution in [-0.4, -0.2) is 19.3 Å². The zero-order chi connectivity index (χ0) is 20.9. The van der Waals surface area contributed by atoms with Crippen molar-refractivity contribution in [3.05, 3.63) is 88.1 Å². The van der Waals surface area contributed by atoms with Gasteiger partial charge in [0.25, 0.3) is 0 Å². The second-order valence-electron chi connectivity index (χ2n) is 8.86. The van der Waals surface area contributed by atoms with Crippen molar-refractivity contribution in [2.45, 2.75) is 64.3 Å². The van der Waals surface area contributed by atoms with E-state index in [0.717, 1.165) is 44.1 Å². The van der Waals surface area contributed by atoms with Crippen LogP contribution in [0.4, 0.5) is 0 Å². The van der Waals surface area contributed by atoms with Gasteiger partial charge < -0.3 is 5.11 Å². The SMILES string of the molecule is [2H]/C(=C1/CCCC/C1=C(\C(O)CCc1ccccc1)[Si](C)(C)C)c1ccccc1. The van der Waals surface area contributed by atoms with Gasteiger partial charge in [0, 0.05) is 0 Å². The molecule has 2 aromatic carbocycles. The van der Waals surface area contributed by atoms with Gasteiger partial charge >= 0.3 is 0 Å². The third-order valence-electron chi connectivity index (χ3n) is 5.55. The second-order valence-corrected chi connectivity index (χ2v) is 13.9. The van der Waals surface area contributed by atoms with Gasteiger partial charge in [-0.2, -0.15) is 0 Å². The molecule has 1 saturated carbocycles. The third kappa shape index (κ3) is 5.56. The number of aliphatic hydroxyl groups is 1. The molecule has 1 fully saturated rings. The van der Waals surface area contributed by atoms with Gasteiger partial charge in [-0.15, -0.1) is 0 Å². The summed E-state index contributed by atoms with van der Waals surface area (Å²) in [4.78, 5) is 0. The van der Waals surface area contributed by atoms with E-state index in [9.17, 15) is 5.11 Å². The molecule has 1 atom stereocenters. The van der Waals surface area contributed by atoms with Gasteiger partial charge in [0.2, 0.25) is 0 Å². The number of benzene rings is 2. The quantitative estimate of drug-likeness (QED) is 0.536. The van der Waals surface area contributed by atoms with E-state index in [4.69, 9.17) is 1.37 Å². The van der Waals surface area contributed by atoms with Crippen molar-refractivity contribution in [2.24, 2.45) is 0 Å². The first-order chi connectivity index (χ1) is 13.9. The van der Waals surface area contributed by atoms with Crippen LogP contribution in [0.5, 0.6) is 0 Å². The fourth-order valence-electron chi connectivity index (χ4n) is 4.28. The van der Waals surface area contributed by atoms with Crippen molar-refractivity contribution in [2.75, 3.05) is 0 Å². The van der Waals surface area contributed by atoms with Gasteiger partial charge in [-0.05, 0) is 60.8 Å². The van der Waals surface area contributed by atoms with E-state index in [1.165, 1.54) is 21.9 Å². The number of hydrogen-bond acceptors (Lipinski definition) is 1. The van der Waals surface area contributed by atoms with Crippen LogP contribution in [0.25, 0.3) is 6.05 Å². The molecule has 0 amide bonds. The number of allylic oxidation sites excluding steroid dienone is 2. The molecule has 3 rings (SSSR count). The number of hydrogen-bond donors (Lipinski definition) is 1. The van der Waals surface area contributed by atoms with Gasteiger partial charge in [0.1, 0.15) is 0 Å². The molecule has 1 aliphatic carbocycles. The third-order valence-corrected chi connectivity index (χ3v) is 7.80. The van der Waals surface area contributed by atoms with Crippen LogP contribution in [0.15, 0.2) is 77.0 Å². The van der Waals surface area contributed by atoms with Crippen molar-refractivity contribution in [3.8, 4) is 0 Å². The molecule has 28 heavy (non-hydrogen) atoms. The molecule has 2 heteroatoms. The second kappa shape index (κ2) is 9.53. The lowest BCUT2D eigenvalue weighted by Crippen LogP contribution is -2.35. The van der Waals surface area contributed by atoms with Crippen LogP contribution < -0.4 is 0 Å². The van der Waals surface area contributed by atoms with Crippen LogP contribution in [0.3, 0.4) is 0 Å². The minimum Gasteiger partial charge on any atom is -0.389 e. The molecule has 0 bridgehead atoms. The summed E-state index contributed by atoms with van der Waals surface area (Å²) in [5.41, 5.74) is 4.72. The van der Waals surface area contributed by atoms with E-state index in [1.54, 1.807) is 0 Å². The first-order valence-corrected chi connectivity index (χ1v) is 14.1. The number of aryl methyl sites for hydroxylation is 1. The fourth-order valence-corrected chi connectivity index (χ4v) is 6.61. The topological polar surface area (TPSA) is 20.2 Å². The Labute approximate surface area is 173 Å². The van der Waals surface area contributed by atoms with Gasteiger partial charge in [0.15, 0.2) is 0 Å². The van der Waals surface area contributed by atoms with Gasteiger partial charge in [-0.25, -0.2) is 0 Å². The lowest BCUT2D eigenvalue weighted by Gasteiger charge is -2.33. The minimum atomic E-state index is -1.75. The molecule has 0 heterocycles. The molecule has 0 radical (unpaired) electrons. The highest BCUT2D eigenvalue weighted by molar-refractivity contribution is 6.83. The number of rotatable bonds is 6. The molecule has 1 N–H and O–H groups in total. The largest absolute Gasteiger partial charge is 0.389 e. The summed E-state index contributed by atoms with van der Waals surface area (Å²) in [6.45, 7) is 7.00. The maximum absolute atomic E-state index is 11.3. The zero-order valence-corrected chi connectivity index (χ0v) is 18.5. The van der Waals surface area contributed by atoms with Crippen molar-refractivity contribution in [1.82, 2.24) is 0 Å². The van der Waals surface area contributed by atoms with Crippen LogP contribution in [0, 0.1) is 0 Å². The monoisotopic (exact) mass is 391 g/mol. The summed E-state index contributed by atoms with van der Waals surface area (Å²) in [5.74, 6) is 0. The molecule has 1 aliphatic rings. The van der Waals surface area contributed by atoms with E-state index in [1.807, 2.05) is 36.4 Å². The lowest BCUT2D eigenvalue weighted by molar-refractivity contribution is 0.205. The van der Waals surface area contributed by atoms with Crippen LogP contribution in [0.2, 0.25) is 19.6 Å². The van der Waals surface area contributed by atoms with Crippen molar-refractivity contribution in [3.63, 3.8) is 0 Å². The predicted molar refractivity (Wildman–Crippen MR) is 124 cm³/mol. The maximum Gasteiger partial charge on any atom is 0.0761 e.